The molecule has 0 radical (unpaired) electrons. The largest absolute Gasteiger partial charge is 0.342 e. The van der Waals surface area contributed by atoms with E-state index in [4.69, 9.17) is 12.2 Å². The van der Waals surface area contributed by atoms with Crippen LogP contribution in [-0.4, -0.2) is 35.3 Å². The lowest BCUT2D eigenvalue weighted by atomic mass is 10.1. The molecule has 1 aromatic carbocycles. The first-order chi connectivity index (χ1) is 10.6. The molecule has 0 aliphatic carbocycles. The van der Waals surface area contributed by atoms with E-state index in [2.05, 4.69) is 35.3 Å². The van der Waals surface area contributed by atoms with Crippen LogP contribution < -0.4 is 11.2 Å². The van der Waals surface area contributed by atoms with Gasteiger partial charge in [0, 0.05) is 10.9 Å². The van der Waals surface area contributed by atoms with Gasteiger partial charge in [-0.2, -0.15) is 15.2 Å². The molecule has 22 heavy (non-hydrogen) atoms. The Bertz CT molecular complexity index is 1200. The first kappa shape index (κ1) is 12.6. The van der Waals surface area contributed by atoms with E-state index in [1.165, 1.54) is 0 Å². The maximum atomic E-state index is 11.9. The van der Waals surface area contributed by atoms with E-state index in [-0.39, 0.29) is 10.5 Å². The predicted octanol–water partition coefficient (Wildman–Crippen LogP) is 0.607. The Morgan fingerprint density at radius 2 is 1.91 bits per heavy atom. The van der Waals surface area contributed by atoms with E-state index in [9.17, 15) is 9.59 Å². The van der Waals surface area contributed by atoms with E-state index in [1.807, 2.05) is 6.07 Å². The Labute approximate surface area is 125 Å². The van der Waals surface area contributed by atoms with E-state index in [0.29, 0.717) is 22.2 Å². The normalized spacial score (nSPS) is 11.3. The van der Waals surface area contributed by atoms with Gasteiger partial charge in [0.05, 0.1) is 5.52 Å². The molecule has 0 fully saturated rings. The lowest BCUT2D eigenvalue weighted by Gasteiger charge is -2.00. The SMILES string of the molecule is O=c1[nH]nc(-c2cccc3c2[nH]c2nc(=S)[nH]nc23)c(=O)[nH]1. The van der Waals surface area contributed by atoms with E-state index < -0.39 is 11.2 Å². The predicted molar refractivity (Wildman–Crippen MR) is 81.1 cm³/mol. The number of para-hydroxylation sites is 1. The Morgan fingerprint density at radius 3 is 2.73 bits per heavy atom. The number of nitrogens with zero attached hydrogens (tertiary/aromatic N) is 3. The van der Waals surface area contributed by atoms with Gasteiger partial charge in [-0.25, -0.2) is 9.89 Å². The maximum Gasteiger partial charge on any atom is 0.342 e. The molecule has 4 aromatic rings. The van der Waals surface area contributed by atoms with Crippen LogP contribution >= 0.6 is 12.2 Å². The molecule has 0 saturated heterocycles. The molecule has 0 aliphatic rings. The number of benzene rings is 1. The summed E-state index contributed by atoms with van der Waals surface area (Å²) in [6.07, 6.45) is 0. The summed E-state index contributed by atoms with van der Waals surface area (Å²) >= 11 is 4.95. The highest BCUT2D eigenvalue weighted by molar-refractivity contribution is 7.71. The summed E-state index contributed by atoms with van der Waals surface area (Å²) in [6, 6.07) is 5.31. The molecule has 0 amide bonds. The summed E-state index contributed by atoms with van der Waals surface area (Å²) in [5.41, 5.74) is 1.13. The highest BCUT2D eigenvalue weighted by atomic mass is 32.1. The van der Waals surface area contributed by atoms with Crippen LogP contribution in [0.2, 0.25) is 0 Å². The van der Waals surface area contributed by atoms with Gasteiger partial charge in [0.2, 0.25) is 4.77 Å². The third kappa shape index (κ3) is 1.78. The first-order valence-corrected chi connectivity index (χ1v) is 6.61. The van der Waals surface area contributed by atoms with Gasteiger partial charge >= 0.3 is 5.69 Å². The van der Waals surface area contributed by atoms with Gasteiger partial charge < -0.3 is 4.98 Å². The number of aromatic amines is 4. The summed E-state index contributed by atoms with van der Waals surface area (Å²) in [5, 5.41) is 13.6. The molecule has 4 N–H and O–H groups in total. The zero-order valence-electron chi connectivity index (χ0n) is 10.8. The van der Waals surface area contributed by atoms with Crippen molar-refractivity contribution in [1.82, 2.24) is 35.3 Å². The van der Waals surface area contributed by atoms with Crippen LogP contribution in [0.25, 0.3) is 33.3 Å². The van der Waals surface area contributed by atoms with E-state index in [1.54, 1.807) is 12.1 Å². The van der Waals surface area contributed by atoms with Crippen LogP contribution in [0.15, 0.2) is 27.8 Å². The number of H-pyrrole nitrogens is 4. The molecule has 108 valence electrons. The molecular weight excluding hydrogens is 306 g/mol. The Kier molecular flexibility index (Phi) is 2.53. The first-order valence-electron chi connectivity index (χ1n) is 6.20. The van der Waals surface area contributed by atoms with E-state index in [0.717, 1.165) is 5.39 Å². The summed E-state index contributed by atoms with van der Waals surface area (Å²) in [6.45, 7) is 0. The third-order valence-electron chi connectivity index (χ3n) is 3.23. The maximum absolute atomic E-state index is 11.9. The molecule has 4 rings (SSSR count). The number of hydrogen-bond acceptors (Lipinski definition) is 6. The van der Waals surface area contributed by atoms with Crippen LogP contribution in [0.1, 0.15) is 0 Å². The summed E-state index contributed by atoms with van der Waals surface area (Å²) in [4.78, 5) is 32.4. The molecule has 0 spiro atoms. The van der Waals surface area contributed by atoms with Crippen molar-refractivity contribution in [3.63, 3.8) is 0 Å². The lowest BCUT2D eigenvalue weighted by molar-refractivity contribution is 0.898. The third-order valence-corrected chi connectivity index (χ3v) is 3.41. The minimum Gasteiger partial charge on any atom is -0.337 e. The fourth-order valence-electron chi connectivity index (χ4n) is 2.34. The average molecular weight is 313 g/mol. The van der Waals surface area contributed by atoms with Gasteiger partial charge in [0.15, 0.2) is 11.3 Å². The van der Waals surface area contributed by atoms with Gasteiger partial charge in [-0.05, 0) is 12.2 Å². The monoisotopic (exact) mass is 313 g/mol. The van der Waals surface area contributed by atoms with Gasteiger partial charge in [-0.15, -0.1) is 0 Å². The second kappa shape index (κ2) is 4.43. The number of rotatable bonds is 1. The second-order valence-corrected chi connectivity index (χ2v) is 4.93. The number of nitrogens with one attached hydrogen (secondary N) is 4. The molecule has 0 bridgehead atoms. The topological polar surface area (TPSA) is 136 Å². The minimum absolute atomic E-state index is 0.0966. The smallest absolute Gasteiger partial charge is 0.337 e. The number of fused-ring (bicyclic) bond motifs is 3. The molecule has 0 unspecified atom stereocenters. The Balaban J connectivity index is 2.14. The van der Waals surface area contributed by atoms with Crippen LogP contribution in [0.5, 0.6) is 0 Å². The molecule has 0 aliphatic heterocycles. The molecule has 3 heterocycles. The number of hydrogen-bond donors (Lipinski definition) is 4. The van der Waals surface area contributed by atoms with Gasteiger partial charge in [0.1, 0.15) is 5.52 Å². The van der Waals surface area contributed by atoms with Crippen molar-refractivity contribution in [2.45, 2.75) is 0 Å². The zero-order valence-corrected chi connectivity index (χ0v) is 11.6. The summed E-state index contributed by atoms with van der Waals surface area (Å²) in [7, 11) is 0. The fourth-order valence-corrected chi connectivity index (χ4v) is 2.48. The molecule has 10 heteroatoms. The summed E-state index contributed by atoms with van der Waals surface area (Å²) < 4.78 is 0.251. The van der Waals surface area contributed by atoms with Crippen molar-refractivity contribution in [1.29, 1.82) is 0 Å². The Morgan fingerprint density at radius 1 is 1.05 bits per heavy atom. The Hall–Kier alpha value is -3.14. The fraction of sp³-hybridized carbons (Fsp3) is 0. The van der Waals surface area contributed by atoms with Crippen molar-refractivity contribution in [2.24, 2.45) is 0 Å². The van der Waals surface area contributed by atoms with Gasteiger partial charge in [-0.1, -0.05) is 18.2 Å². The van der Waals surface area contributed by atoms with Crippen molar-refractivity contribution >= 4 is 34.3 Å². The van der Waals surface area contributed by atoms with Crippen LogP contribution in [-0.2, 0) is 0 Å². The van der Waals surface area contributed by atoms with Crippen molar-refractivity contribution in [2.75, 3.05) is 0 Å². The van der Waals surface area contributed by atoms with Crippen LogP contribution in [0, 0.1) is 4.77 Å². The standard InChI is InChI=1S/C12H7N7O2S/c20-10-8(17-18-11(21)15-10)5-3-1-2-4-6(5)13-9-7(4)16-19-12(22)14-9/h1-3H,(H2,13,14,19,22)(H2,15,18,20,21). The summed E-state index contributed by atoms with van der Waals surface area (Å²) in [5.74, 6) is 0. The molecule has 9 nitrogen and oxygen atoms in total. The van der Waals surface area contributed by atoms with Crippen LogP contribution in [0.3, 0.4) is 0 Å². The quantitative estimate of drug-likeness (QED) is 0.380. The van der Waals surface area contributed by atoms with Crippen molar-refractivity contribution in [3.05, 3.63) is 43.8 Å². The van der Waals surface area contributed by atoms with Crippen LogP contribution in [0.4, 0.5) is 0 Å². The minimum atomic E-state index is -0.661. The molecular formula is C12H7N7O2S. The zero-order chi connectivity index (χ0) is 15.3. The molecule has 0 saturated carbocycles. The molecule has 0 atom stereocenters. The number of aromatic nitrogens is 7. The highest BCUT2D eigenvalue weighted by Crippen LogP contribution is 2.28. The molecule has 3 aromatic heterocycles. The van der Waals surface area contributed by atoms with Crippen molar-refractivity contribution in [3.8, 4) is 11.3 Å². The highest BCUT2D eigenvalue weighted by Gasteiger charge is 2.14. The second-order valence-electron chi connectivity index (χ2n) is 4.55. The average Bonchev–Trinajstić information content (AvgIpc) is 2.85. The lowest BCUT2D eigenvalue weighted by Crippen LogP contribution is -2.25. The van der Waals surface area contributed by atoms with E-state index >= 15 is 0 Å². The van der Waals surface area contributed by atoms with Gasteiger partial charge in [0.25, 0.3) is 5.56 Å². The van der Waals surface area contributed by atoms with Crippen molar-refractivity contribution < 1.29 is 0 Å². The van der Waals surface area contributed by atoms with Gasteiger partial charge in [-0.3, -0.25) is 14.9 Å².